The van der Waals surface area contributed by atoms with Crippen LogP contribution in [0.4, 0.5) is 5.69 Å². The molecule has 0 unspecified atom stereocenters. The van der Waals surface area contributed by atoms with Crippen molar-refractivity contribution in [1.29, 1.82) is 0 Å². The summed E-state index contributed by atoms with van der Waals surface area (Å²) in [6.45, 7) is 3.75. The lowest BCUT2D eigenvalue weighted by atomic mass is 10.2. The second kappa shape index (κ2) is 5.12. The molecule has 5 heteroatoms. The van der Waals surface area contributed by atoms with E-state index in [1.165, 1.54) is 11.3 Å². The van der Waals surface area contributed by atoms with Crippen LogP contribution in [-0.2, 0) is 0 Å². The van der Waals surface area contributed by atoms with Crippen molar-refractivity contribution >= 4 is 38.9 Å². The van der Waals surface area contributed by atoms with Crippen molar-refractivity contribution in [2.45, 2.75) is 13.8 Å². The summed E-state index contributed by atoms with van der Waals surface area (Å²) < 4.78 is 0.958. The molecule has 2 aromatic rings. The van der Waals surface area contributed by atoms with E-state index in [0.717, 1.165) is 14.9 Å². The van der Waals surface area contributed by atoms with Crippen LogP contribution in [0.5, 0.6) is 5.75 Å². The lowest BCUT2D eigenvalue weighted by Crippen LogP contribution is -2.09. The van der Waals surface area contributed by atoms with E-state index in [2.05, 4.69) is 21.2 Å². The Labute approximate surface area is 118 Å². The first-order valence-electron chi connectivity index (χ1n) is 5.34. The lowest BCUT2D eigenvalue weighted by molar-refractivity contribution is 0.103. The summed E-state index contributed by atoms with van der Waals surface area (Å²) in [5.74, 6) is 0.00777. The van der Waals surface area contributed by atoms with Crippen molar-refractivity contribution in [3.05, 3.63) is 44.1 Å². The summed E-state index contributed by atoms with van der Waals surface area (Å²) in [5, 5.41) is 12.3. The number of carbonyl (C=O) groups is 1. The zero-order chi connectivity index (χ0) is 13.3. The van der Waals surface area contributed by atoms with Gasteiger partial charge in [0.2, 0.25) is 0 Å². The minimum atomic E-state index is -0.169. The molecule has 0 bridgehead atoms. The van der Waals surface area contributed by atoms with Gasteiger partial charge in [-0.3, -0.25) is 4.79 Å². The van der Waals surface area contributed by atoms with E-state index in [1.807, 2.05) is 13.0 Å². The molecule has 1 amide bonds. The van der Waals surface area contributed by atoms with Gasteiger partial charge in [-0.15, -0.1) is 11.3 Å². The summed E-state index contributed by atoms with van der Waals surface area (Å²) in [7, 11) is 0. The molecule has 2 rings (SSSR count). The molecule has 0 aliphatic rings. The Balaban J connectivity index is 2.18. The van der Waals surface area contributed by atoms with Crippen LogP contribution in [0.15, 0.2) is 28.1 Å². The molecule has 2 N–H and O–H groups in total. The summed E-state index contributed by atoms with van der Waals surface area (Å²) in [5.41, 5.74) is 2.41. The number of thiophene rings is 1. The topological polar surface area (TPSA) is 49.3 Å². The number of hydrogen-bond acceptors (Lipinski definition) is 3. The van der Waals surface area contributed by atoms with Gasteiger partial charge in [-0.2, -0.15) is 0 Å². The van der Waals surface area contributed by atoms with Crippen molar-refractivity contribution in [2.75, 3.05) is 5.32 Å². The predicted molar refractivity (Wildman–Crippen MR) is 77.6 cm³/mol. The number of hydrogen-bond donors (Lipinski definition) is 2. The minimum absolute atomic E-state index is 0.169. The fourth-order valence-corrected chi connectivity index (χ4v) is 2.88. The first kappa shape index (κ1) is 13.1. The van der Waals surface area contributed by atoms with Gasteiger partial charge in [0.05, 0.1) is 8.66 Å². The number of benzene rings is 1. The first-order valence-corrected chi connectivity index (χ1v) is 6.95. The second-order valence-electron chi connectivity index (χ2n) is 4.02. The highest BCUT2D eigenvalue weighted by Crippen LogP contribution is 2.28. The van der Waals surface area contributed by atoms with Crippen molar-refractivity contribution in [2.24, 2.45) is 0 Å². The van der Waals surface area contributed by atoms with Crippen molar-refractivity contribution < 1.29 is 9.90 Å². The van der Waals surface area contributed by atoms with Crippen LogP contribution in [0, 0.1) is 13.8 Å². The largest absolute Gasteiger partial charge is 0.508 e. The Bertz CT molecular complexity index is 588. The minimum Gasteiger partial charge on any atom is -0.508 e. The number of carbonyl (C=O) groups excluding carboxylic acids is 1. The third kappa shape index (κ3) is 2.73. The number of rotatable bonds is 2. The predicted octanol–water partition coefficient (Wildman–Crippen LogP) is 4.09. The van der Waals surface area contributed by atoms with E-state index in [4.69, 9.17) is 0 Å². The number of anilines is 1. The fourth-order valence-electron chi connectivity index (χ4n) is 1.45. The molecule has 1 aromatic carbocycles. The normalized spacial score (nSPS) is 10.4. The molecular formula is C13H12BrNO2S. The van der Waals surface area contributed by atoms with Crippen LogP contribution in [0.2, 0.25) is 0 Å². The maximum Gasteiger partial charge on any atom is 0.265 e. The third-order valence-electron chi connectivity index (χ3n) is 2.55. The third-order valence-corrected chi connectivity index (χ3v) is 4.68. The van der Waals surface area contributed by atoms with Gasteiger partial charge in [0.1, 0.15) is 5.75 Å². The molecule has 0 spiro atoms. The van der Waals surface area contributed by atoms with Gasteiger partial charge in [-0.1, -0.05) is 6.07 Å². The molecular weight excluding hydrogens is 314 g/mol. The van der Waals surface area contributed by atoms with E-state index in [9.17, 15) is 9.90 Å². The maximum atomic E-state index is 12.0. The highest BCUT2D eigenvalue weighted by Gasteiger charge is 2.11. The first-order chi connectivity index (χ1) is 8.47. The number of halogens is 1. The van der Waals surface area contributed by atoms with Crippen molar-refractivity contribution in [3.63, 3.8) is 0 Å². The van der Waals surface area contributed by atoms with Gasteiger partial charge in [-0.05, 0) is 53.0 Å². The number of amides is 1. The van der Waals surface area contributed by atoms with Gasteiger partial charge in [0, 0.05) is 11.8 Å². The second-order valence-corrected chi connectivity index (χ2v) is 6.39. The zero-order valence-corrected chi connectivity index (χ0v) is 12.4. The zero-order valence-electron chi connectivity index (χ0n) is 9.95. The quantitative estimate of drug-likeness (QED) is 0.873. The van der Waals surface area contributed by atoms with Crippen molar-refractivity contribution in [3.8, 4) is 5.75 Å². The van der Waals surface area contributed by atoms with Crippen LogP contribution in [0.3, 0.4) is 0 Å². The molecule has 1 aromatic heterocycles. The maximum absolute atomic E-state index is 12.0. The Morgan fingerprint density at radius 3 is 2.56 bits per heavy atom. The van der Waals surface area contributed by atoms with Gasteiger partial charge in [-0.25, -0.2) is 0 Å². The van der Waals surface area contributed by atoms with Crippen LogP contribution < -0.4 is 5.32 Å². The molecule has 0 radical (unpaired) electrons. The summed E-state index contributed by atoms with van der Waals surface area (Å²) in [4.78, 5) is 12.6. The Morgan fingerprint density at radius 2 is 2.00 bits per heavy atom. The molecule has 0 fully saturated rings. The van der Waals surface area contributed by atoms with E-state index in [0.29, 0.717) is 10.6 Å². The molecule has 0 aliphatic carbocycles. The number of phenolic OH excluding ortho intramolecular Hbond substituents is 1. The summed E-state index contributed by atoms with van der Waals surface area (Å²) in [6.07, 6.45) is 0. The SMILES string of the molecule is Cc1ccc(NC(=O)c2cc(C)c(Br)s2)cc1O. The Kier molecular flexibility index (Phi) is 3.73. The number of nitrogens with one attached hydrogen (secondary N) is 1. The monoisotopic (exact) mass is 325 g/mol. The van der Waals surface area contributed by atoms with Gasteiger partial charge in [0.25, 0.3) is 5.91 Å². The molecule has 0 saturated heterocycles. The molecule has 1 heterocycles. The summed E-state index contributed by atoms with van der Waals surface area (Å²) >= 11 is 4.78. The van der Waals surface area contributed by atoms with Gasteiger partial charge >= 0.3 is 0 Å². The molecule has 94 valence electrons. The number of aromatic hydroxyl groups is 1. The molecule has 0 aliphatic heterocycles. The molecule has 3 nitrogen and oxygen atoms in total. The van der Waals surface area contributed by atoms with Crippen LogP contribution in [0.25, 0.3) is 0 Å². The highest BCUT2D eigenvalue weighted by atomic mass is 79.9. The van der Waals surface area contributed by atoms with Gasteiger partial charge < -0.3 is 10.4 Å². The molecule has 18 heavy (non-hydrogen) atoms. The summed E-state index contributed by atoms with van der Waals surface area (Å²) in [6, 6.07) is 6.91. The standard InChI is InChI=1S/C13H12BrNO2S/c1-7-3-4-9(6-10(7)16)15-13(17)11-5-8(2)12(14)18-11/h3-6,16H,1-2H3,(H,15,17). The van der Waals surface area contributed by atoms with Crippen LogP contribution in [-0.4, -0.2) is 11.0 Å². The smallest absolute Gasteiger partial charge is 0.265 e. The van der Waals surface area contributed by atoms with Crippen LogP contribution in [0.1, 0.15) is 20.8 Å². The van der Waals surface area contributed by atoms with E-state index >= 15 is 0 Å². The lowest BCUT2D eigenvalue weighted by Gasteiger charge is -2.05. The molecule has 0 saturated carbocycles. The van der Waals surface area contributed by atoms with Crippen LogP contribution >= 0.6 is 27.3 Å². The average molecular weight is 326 g/mol. The van der Waals surface area contributed by atoms with Gasteiger partial charge in [0.15, 0.2) is 0 Å². The fraction of sp³-hybridized carbons (Fsp3) is 0.154. The number of aryl methyl sites for hydroxylation is 2. The molecule has 0 atom stereocenters. The van der Waals surface area contributed by atoms with E-state index < -0.39 is 0 Å². The Hall–Kier alpha value is -1.33. The van der Waals surface area contributed by atoms with E-state index in [-0.39, 0.29) is 11.7 Å². The van der Waals surface area contributed by atoms with E-state index in [1.54, 1.807) is 25.1 Å². The van der Waals surface area contributed by atoms with Crippen molar-refractivity contribution in [1.82, 2.24) is 0 Å². The number of phenols is 1. The highest BCUT2D eigenvalue weighted by molar-refractivity contribution is 9.11. The average Bonchev–Trinajstić information content (AvgIpc) is 2.65. The Morgan fingerprint density at radius 1 is 1.28 bits per heavy atom.